The smallest absolute Gasteiger partial charge is 0.252 e. The number of furan rings is 1. The maximum absolute atomic E-state index is 13.2. The second-order valence-electron chi connectivity index (χ2n) is 8.48. The quantitative estimate of drug-likeness (QED) is 0.426. The van der Waals surface area contributed by atoms with Crippen LogP contribution in [0.4, 0.5) is 5.69 Å². The first-order valence-electron chi connectivity index (χ1n) is 10.9. The van der Waals surface area contributed by atoms with Crippen LogP contribution in [-0.2, 0) is 11.3 Å². The molecular formula is C25H27N5O3. The SMILES string of the molecule is CC(C)C(=O)Nc1cccc(CNC(=O)c2cc(-c3ccco3)nc3c2cnn3C(C)C)c1. The van der Waals surface area contributed by atoms with Gasteiger partial charge in [0, 0.05) is 24.2 Å². The lowest BCUT2D eigenvalue weighted by molar-refractivity contribution is -0.118. The van der Waals surface area contributed by atoms with Crippen molar-refractivity contribution in [2.45, 2.75) is 40.3 Å². The molecule has 0 aliphatic rings. The zero-order valence-electron chi connectivity index (χ0n) is 19.1. The predicted octanol–water partition coefficient (Wildman–Crippen LogP) is 4.80. The van der Waals surface area contributed by atoms with Crippen molar-refractivity contribution in [3.8, 4) is 11.5 Å². The Hall–Kier alpha value is -3.94. The molecule has 0 radical (unpaired) electrons. The molecule has 0 saturated carbocycles. The number of fused-ring (bicyclic) bond motifs is 1. The van der Waals surface area contributed by atoms with Gasteiger partial charge in [-0.15, -0.1) is 0 Å². The minimum atomic E-state index is -0.241. The molecule has 0 unspecified atom stereocenters. The number of nitrogens with zero attached hydrogens (tertiary/aromatic N) is 3. The molecule has 0 atom stereocenters. The average molecular weight is 446 g/mol. The second kappa shape index (κ2) is 9.28. The molecule has 3 heterocycles. The molecule has 33 heavy (non-hydrogen) atoms. The molecule has 1 aromatic carbocycles. The number of carbonyl (C=O) groups excluding carboxylic acids is 2. The Morgan fingerprint density at radius 3 is 2.61 bits per heavy atom. The van der Waals surface area contributed by atoms with Crippen molar-refractivity contribution in [1.82, 2.24) is 20.1 Å². The third kappa shape index (κ3) is 4.79. The highest BCUT2D eigenvalue weighted by Gasteiger charge is 2.19. The van der Waals surface area contributed by atoms with Crippen LogP contribution in [0.1, 0.15) is 49.7 Å². The molecule has 8 nitrogen and oxygen atoms in total. The van der Waals surface area contributed by atoms with Crippen molar-refractivity contribution >= 4 is 28.5 Å². The maximum atomic E-state index is 13.2. The van der Waals surface area contributed by atoms with Gasteiger partial charge in [0.1, 0.15) is 5.69 Å². The molecule has 2 N–H and O–H groups in total. The van der Waals surface area contributed by atoms with Crippen LogP contribution in [0.25, 0.3) is 22.5 Å². The van der Waals surface area contributed by atoms with Gasteiger partial charge in [0.25, 0.3) is 5.91 Å². The first kappa shape index (κ1) is 22.3. The van der Waals surface area contributed by atoms with Crippen molar-refractivity contribution in [1.29, 1.82) is 0 Å². The summed E-state index contributed by atoms with van der Waals surface area (Å²) in [5.41, 5.74) is 3.24. The van der Waals surface area contributed by atoms with Gasteiger partial charge in [-0.3, -0.25) is 9.59 Å². The molecule has 2 amide bonds. The molecule has 0 aliphatic carbocycles. The minimum Gasteiger partial charge on any atom is -0.463 e. The number of hydrogen-bond acceptors (Lipinski definition) is 5. The number of hydrogen-bond donors (Lipinski definition) is 2. The summed E-state index contributed by atoms with van der Waals surface area (Å²) < 4.78 is 7.30. The van der Waals surface area contributed by atoms with Crippen LogP contribution in [0, 0.1) is 5.92 Å². The van der Waals surface area contributed by atoms with E-state index in [-0.39, 0.29) is 23.8 Å². The molecular weight excluding hydrogens is 418 g/mol. The zero-order valence-corrected chi connectivity index (χ0v) is 19.1. The van der Waals surface area contributed by atoms with E-state index in [4.69, 9.17) is 9.40 Å². The Labute approximate surface area is 192 Å². The molecule has 4 rings (SSSR count). The van der Waals surface area contributed by atoms with Gasteiger partial charge in [-0.05, 0) is 49.7 Å². The first-order valence-corrected chi connectivity index (χ1v) is 10.9. The van der Waals surface area contributed by atoms with Gasteiger partial charge >= 0.3 is 0 Å². The number of nitrogens with one attached hydrogen (secondary N) is 2. The van der Waals surface area contributed by atoms with E-state index in [0.29, 0.717) is 40.3 Å². The standard InChI is InChI=1S/C25H27N5O3/c1-15(2)24(31)28-18-8-5-7-17(11-18)13-26-25(32)19-12-21(22-9-6-10-33-22)29-23-20(19)14-27-30(23)16(3)4/h5-12,14-16H,13H2,1-4H3,(H,26,32)(H,28,31). The van der Waals surface area contributed by atoms with Crippen LogP contribution in [0.5, 0.6) is 0 Å². The molecule has 0 bridgehead atoms. The topological polar surface area (TPSA) is 102 Å². The number of amides is 2. The highest BCUT2D eigenvalue weighted by atomic mass is 16.3. The van der Waals surface area contributed by atoms with Gasteiger partial charge in [0.2, 0.25) is 5.91 Å². The summed E-state index contributed by atoms with van der Waals surface area (Å²) >= 11 is 0. The molecule has 4 aromatic rings. The monoisotopic (exact) mass is 445 g/mol. The number of anilines is 1. The maximum Gasteiger partial charge on any atom is 0.252 e. The highest BCUT2D eigenvalue weighted by Crippen LogP contribution is 2.26. The number of carbonyl (C=O) groups is 2. The zero-order chi connectivity index (χ0) is 23.5. The third-order valence-electron chi connectivity index (χ3n) is 5.25. The molecule has 8 heteroatoms. The van der Waals surface area contributed by atoms with E-state index in [1.54, 1.807) is 29.3 Å². The minimum absolute atomic E-state index is 0.0528. The van der Waals surface area contributed by atoms with Gasteiger partial charge in [-0.2, -0.15) is 5.10 Å². The van der Waals surface area contributed by atoms with E-state index in [1.807, 2.05) is 58.0 Å². The Morgan fingerprint density at radius 2 is 1.91 bits per heavy atom. The van der Waals surface area contributed by atoms with Crippen molar-refractivity contribution < 1.29 is 14.0 Å². The van der Waals surface area contributed by atoms with E-state index in [9.17, 15) is 9.59 Å². The summed E-state index contributed by atoms with van der Waals surface area (Å²) in [5.74, 6) is 0.173. The van der Waals surface area contributed by atoms with E-state index >= 15 is 0 Å². The van der Waals surface area contributed by atoms with Crippen LogP contribution < -0.4 is 10.6 Å². The van der Waals surface area contributed by atoms with E-state index in [1.165, 1.54) is 0 Å². The van der Waals surface area contributed by atoms with Crippen LogP contribution in [0.15, 0.2) is 59.3 Å². The van der Waals surface area contributed by atoms with Crippen LogP contribution >= 0.6 is 0 Å². The predicted molar refractivity (Wildman–Crippen MR) is 127 cm³/mol. The number of benzene rings is 1. The Morgan fingerprint density at radius 1 is 1.09 bits per heavy atom. The van der Waals surface area contributed by atoms with E-state index in [2.05, 4.69) is 15.7 Å². The Kier molecular flexibility index (Phi) is 6.26. The van der Waals surface area contributed by atoms with Crippen molar-refractivity contribution in [2.75, 3.05) is 5.32 Å². The summed E-state index contributed by atoms with van der Waals surface area (Å²) in [5, 5.41) is 11.0. The largest absolute Gasteiger partial charge is 0.463 e. The number of rotatable bonds is 7. The summed E-state index contributed by atoms with van der Waals surface area (Å²) in [6, 6.07) is 12.8. The Bertz CT molecular complexity index is 1290. The van der Waals surface area contributed by atoms with Crippen LogP contribution in [0.3, 0.4) is 0 Å². The van der Waals surface area contributed by atoms with Gasteiger partial charge in [0.15, 0.2) is 11.4 Å². The summed E-state index contributed by atoms with van der Waals surface area (Å²) in [7, 11) is 0. The van der Waals surface area contributed by atoms with Crippen LogP contribution in [0.2, 0.25) is 0 Å². The number of pyridine rings is 1. The molecule has 0 spiro atoms. The summed E-state index contributed by atoms with van der Waals surface area (Å²) in [6.45, 7) is 8.01. The summed E-state index contributed by atoms with van der Waals surface area (Å²) in [4.78, 5) is 29.9. The highest BCUT2D eigenvalue weighted by molar-refractivity contribution is 6.06. The lowest BCUT2D eigenvalue weighted by Crippen LogP contribution is -2.23. The van der Waals surface area contributed by atoms with Gasteiger partial charge in [-0.25, -0.2) is 9.67 Å². The van der Waals surface area contributed by atoms with E-state index in [0.717, 1.165) is 5.56 Å². The fraction of sp³-hybridized carbons (Fsp3) is 0.280. The van der Waals surface area contributed by atoms with Crippen LogP contribution in [-0.4, -0.2) is 26.6 Å². The molecule has 3 aromatic heterocycles. The lowest BCUT2D eigenvalue weighted by Gasteiger charge is -2.11. The van der Waals surface area contributed by atoms with Crippen molar-refractivity contribution in [3.63, 3.8) is 0 Å². The molecule has 0 aliphatic heterocycles. The number of aromatic nitrogens is 3. The lowest BCUT2D eigenvalue weighted by atomic mass is 10.1. The van der Waals surface area contributed by atoms with Crippen molar-refractivity contribution in [3.05, 3.63) is 66.1 Å². The third-order valence-corrected chi connectivity index (χ3v) is 5.25. The van der Waals surface area contributed by atoms with Gasteiger partial charge in [0.05, 0.1) is 23.4 Å². The fourth-order valence-corrected chi connectivity index (χ4v) is 3.46. The van der Waals surface area contributed by atoms with Crippen molar-refractivity contribution in [2.24, 2.45) is 5.92 Å². The van der Waals surface area contributed by atoms with Gasteiger partial charge < -0.3 is 15.1 Å². The Balaban J connectivity index is 1.60. The normalized spacial score (nSPS) is 11.3. The van der Waals surface area contributed by atoms with E-state index < -0.39 is 0 Å². The first-order chi connectivity index (χ1) is 15.8. The molecule has 0 saturated heterocycles. The molecule has 170 valence electrons. The fourth-order valence-electron chi connectivity index (χ4n) is 3.46. The second-order valence-corrected chi connectivity index (χ2v) is 8.48. The summed E-state index contributed by atoms with van der Waals surface area (Å²) in [6.07, 6.45) is 3.25. The molecule has 0 fully saturated rings. The average Bonchev–Trinajstić information content (AvgIpc) is 3.47. The van der Waals surface area contributed by atoms with Gasteiger partial charge in [-0.1, -0.05) is 26.0 Å².